The predicted octanol–water partition coefficient (Wildman–Crippen LogP) is 15.1. The van der Waals surface area contributed by atoms with Crippen LogP contribution in [-0.2, 0) is 0 Å². The second kappa shape index (κ2) is 13.6. The quantitative estimate of drug-likeness (QED) is 0.129. The number of benzene rings is 9. The van der Waals surface area contributed by atoms with Crippen molar-refractivity contribution in [2.24, 2.45) is 0 Å². The molecule has 0 bridgehead atoms. The van der Waals surface area contributed by atoms with E-state index < -0.39 is 0 Å². The highest BCUT2D eigenvalue weighted by Gasteiger charge is 2.21. The van der Waals surface area contributed by atoms with E-state index in [4.69, 9.17) is 9.97 Å². The molecule has 62 heavy (non-hydrogen) atoms. The Bertz CT molecular complexity index is 3880. The van der Waals surface area contributed by atoms with Gasteiger partial charge in [-0.05, 0) is 65.2 Å². The maximum atomic E-state index is 5.30. The standard InChI is InChI=1S/C58H36N4/c1-3-13-40(14-4-1)54-48-19-7-10-20-51(48)60-56-49(54)33-29-41-30-36-50(59-55(41)56)39-25-23-37(24-26-39)38-27-31-43(32-28-38)62-53-22-12-9-18-45(53)47-35-34-46-44-17-8-11-21-52(44)61(57(46)58(47)62)42-15-5-2-6-16-42/h1-36H. The van der Waals surface area contributed by atoms with Crippen molar-refractivity contribution in [1.82, 2.24) is 19.1 Å². The van der Waals surface area contributed by atoms with E-state index in [1.54, 1.807) is 0 Å². The minimum absolute atomic E-state index is 0.911. The minimum atomic E-state index is 0.911. The highest BCUT2D eigenvalue weighted by Crippen LogP contribution is 2.42. The summed E-state index contributed by atoms with van der Waals surface area (Å²) < 4.78 is 4.89. The summed E-state index contributed by atoms with van der Waals surface area (Å²) in [7, 11) is 0. The Morgan fingerprint density at radius 2 is 0.790 bits per heavy atom. The number of rotatable bonds is 5. The third kappa shape index (κ3) is 5.20. The lowest BCUT2D eigenvalue weighted by Crippen LogP contribution is -1.98. The van der Waals surface area contributed by atoms with E-state index >= 15 is 0 Å². The fraction of sp³-hybridized carbons (Fsp3) is 0. The molecule has 0 saturated heterocycles. The molecule has 4 aromatic heterocycles. The molecule has 0 N–H and O–H groups in total. The molecule has 4 heterocycles. The normalized spacial score (nSPS) is 11.9. The molecular weight excluding hydrogens is 753 g/mol. The van der Waals surface area contributed by atoms with Gasteiger partial charge < -0.3 is 9.13 Å². The molecule has 4 nitrogen and oxygen atoms in total. The number of hydrogen-bond acceptors (Lipinski definition) is 2. The van der Waals surface area contributed by atoms with Gasteiger partial charge in [0.25, 0.3) is 0 Å². The largest absolute Gasteiger partial charge is 0.307 e. The molecule has 0 atom stereocenters. The van der Waals surface area contributed by atoms with E-state index in [0.717, 1.165) is 66.5 Å². The van der Waals surface area contributed by atoms with E-state index in [1.165, 1.54) is 54.7 Å². The first-order chi connectivity index (χ1) is 30.8. The summed E-state index contributed by atoms with van der Waals surface area (Å²) in [6, 6.07) is 78.4. The number of aromatic nitrogens is 4. The molecular formula is C58H36N4. The first-order valence-corrected chi connectivity index (χ1v) is 21.2. The number of para-hydroxylation sites is 4. The average Bonchev–Trinajstić information content (AvgIpc) is 3.87. The summed E-state index contributed by atoms with van der Waals surface area (Å²) in [6.45, 7) is 0. The van der Waals surface area contributed by atoms with E-state index in [1.807, 2.05) is 0 Å². The third-order valence-corrected chi connectivity index (χ3v) is 12.7. The zero-order valence-corrected chi connectivity index (χ0v) is 33.6. The van der Waals surface area contributed by atoms with E-state index in [2.05, 4.69) is 228 Å². The summed E-state index contributed by atoms with van der Waals surface area (Å²) in [6.07, 6.45) is 0. The predicted molar refractivity (Wildman–Crippen MR) is 260 cm³/mol. The maximum Gasteiger partial charge on any atom is 0.0978 e. The van der Waals surface area contributed by atoms with Crippen molar-refractivity contribution in [3.63, 3.8) is 0 Å². The lowest BCUT2D eigenvalue weighted by Gasteiger charge is -2.13. The Morgan fingerprint density at radius 1 is 0.290 bits per heavy atom. The van der Waals surface area contributed by atoms with Crippen LogP contribution in [0.25, 0.3) is 121 Å². The number of nitrogens with zero attached hydrogens (tertiary/aromatic N) is 4. The Balaban J connectivity index is 0.910. The van der Waals surface area contributed by atoms with Gasteiger partial charge in [-0.15, -0.1) is 0 Å². The topological polar surface area (TPSA) is 35.6 Å². The van der Waals surface area contributed by atoms with Crippen LogP contribution >= 0.6 is 0 Å². The number of pyridine rings is 2. The lowest BCUT2D eigenvalue weighted by molar-refractivity contribution is 1.15. The van der Waals surface area contributed by atoms with Crippen molar-refractivity contribution < 1.29 is 0 Å². The molecule has 4 heteroatoms. The lowest BCUT2D eigenvalue weighted by atomic mass is 9.95. The van der Waals surface area contributed by atoms with Crippen LogP contribution in [-0.4, -0.2) is 19.1 Å². The molecule has 0 spiro atoms. The molecule has 0 radical (unpaired) electrons. The first kappa shape index (κ1) is 34.5. The van der Waals surface area contributed by atoms with Gasteiger partial charge in [0.1, 0.15) is 0 Å². The fourth-order valence-corrected chi connectivity index (χ4v) is 9.86. The van der Waals surface area contributed by atoms with Crippen LogP contribution in [0.1, 0.15) is 0 Å². The van der Waals surface area contributed by atoms with E-state index in [-0.39, 0.29) is 0 Å². The van der Waals surface area contributed by atoms with Crippen molar-refractivity contribution in [3.8, 4) is 44.9 Å². The van der Waals surface area contributed by atoms with Crippen LogP contribution in [0.5, 0.6) is 0 Å². The molecule has 288 valence electrons. The fourth-order valence-electron chi connectivity index (χ4n) is 9.86. The second-order valence-electron chi connectivity index (χ2n) is 16.1. The molecule has 13 rings (SSSR count). The van der Waals surface area contributed by atoms with Crippen LogP contribution in [0.4, 0.5) is 0 Å². The zero-order valence-electron chi connectivity index (χ0n) is 33.6. The Kier molecular flexibility index (Phi) is 7.57. The van der Waals surface area contributed by atoms with Gasteiger partial charge in [-0.3, -0.25) is 0 Å². The van der Waals surface area contributed by atoms with Gasteiger partial charge in [0, 0.05) is 60.2 Å². The van der Waals surface area contributed by atoms with E-state index in [0.29, 0.717) is 0 Å². The van der Waals surface area contributed by atoms with Gasteiger partial charge >= 0.3 is 0 Å². The van der Waals surface area contributed by atoms with Crippen LogP contribution < -0.4 is 0 Å². The highest BCUT2D eigenvalue weighted by molar-refractivity contribution is 6.24. The van der Waals surface area contributed by atoms with Gasteiger partial charge in [-0.2, -0.15) is 0 Å². The maximum absolute atomic E-state index is 5.30. The van der Waals surface area contributed by atoms with Gasteiger partial charge in [-0.25, -0.2) is 9.97 Å². The van der Waals surface area contributed by atoms with E-state index in [9.17, 15) is 0 Å². The molecule has 0 aliphatic rings. The molecule has 9 aromatic carbocycles. The summed E-state index contributed by atoms with van der Waals surface area (Å²) in [5, 5.41) is 8.30. The molecule has 13 aromatic rings. The van der Waals surface area contributed by atoms with Crippen molar-refractivity contribution in [3.05, 3.63) is 218 Å². The third-order valence-electron chi connectivity index (χ3n) is 12.7. The van der Waals surface area contributed by atoms with Gasteiger partial charge in [0.15, 0.2) is 0 Å². The average molecular weight is 789 g/mol. The van der Waals surface area contributed by atoms with Crippen LogP contribution in [0.15, 0.2) is 218 Å². The van der Waals surface area contributed by atoms with Crippen molar-refractivity contribution in [1.29, 1.82) is 0 Å². The molecule has 0 amide bonds. The Labute approximate surface area is 357 Å². The Morgan fingerprint density at radius 3 is 1.45 bits per heavy atom. The van der Waals surface area contributed by atoms with Crippen LogP contribution in [0, 0.1) is 0 Å². The second-order valence-corrected chi connectivity index (χ2v) is 16.1. The van der Waals surface area contributed by atoms with Crippen molar-refractivity contribution in [2.75, 3.05) is 0 Å². The molecule has 0 unspecified atom stereocenters. The Hall–Kier alpha value is -8.34. The molecule has 0 aliphatic heterocycles. The number of hydrogen-bond donors (Lipinski definition) is 0. The molecule has 0 fully saturated rings. The zero-order chi connectivity index (χ0) is 40.7. The number of fused-ring (bicyclic) bond motifs is 11. The van der Waals surface area contributed by atoms with Crippen molar-refractivity contribution >= 4 is 76.3 Å². The highest BCUT2D eigenvalue weighted by atomic mass is 15.0. The SMILES string of the molecule is c1ccc(-c2c3ccccc3nc3c2ccc2ccc(-c4ccc(-c5ccc(-n6c7ccccc7c7ccc8c9ccccc9n(-c9ccccc9)c8c76)cc5)cc4)nc23)cc1. The minimum Gasteiger partial charge on any atom is -0.307 e. The summed E-state index contributed by atoms with van der Waals surface area (Å²) in [5.41, 5.74) is 16.5. The van der Waals surface area contributed by atoms with Crippen LogP contribution in [0.2, 0.25) is 0 Å². The summed E-state index contributed by atoms with van der Waals surface area (Å²) in [4.78, 5) is 10.5. The smallest absolute Gasteiger partial charge is 0.0978 e. The summed E-state index contributed by atoms with van der Waals surface area (Å²) >= 11 is 0. The molecule has 0 aliphatic carbocycles. The monoisotopic (exact) mass is 788 g/mol. The molecule has 0 saturated carbocycles. The van der Waals surface area contributed by atoms with Gasteiger partial charge in [0.05, 0.1) is 44.3 Å². The van der Waals surface area contributed by atoms with Crippen LogP contribution in [0.3, 0.4) is 0 Å². The van der Waals surface area contributed by atoms with Gasteiger partial charge in [0.2, 0.25) is 0 Å². The summed E-state index contributed by atoms with van der Waals surface area (Å²) in [5.74, 6) is 0. The van der Waals surface area contributed by atoms with Gasteiger partial charge in [-0.1, -0.05) is 170 Å². The van der Waals surface area contributed by atoms with Crippen molar-refractivity contribution in [2.45, 2.75) is 0 Å². The first-order valence-electron chi connectivity index (χ1n) is 21.2.